The fraction of sp³-hybridized carbons (Fsp3) is 0.750. The van der Waals surface area contributed by atoms with E-state index in [1.54, 1.807) is 0 Å². The summed E-state index contributed by atoms with van der Waals surface area (Å²) in [5, 5.41) is 3.28. The first-order valence-corrected chi connectivity index (χ1v) is 5.72. The van der Waals surface area contributed by atoms with Gasteiger partial charge in [-0.3, -0.25) is 0 Å². The van der Waals surface area contributed by atoms with Gasteiger partial charge in [0, 0.05) is 18.3 Å². The maximum atomic E-state index is 10.9. The Kier molecular flexibility index (Phi) is 5.22. The zero-order chi connectivity index (χ0) is 11.1. The lowest BCUT2D eigenvalue weighted by atomic mass is 9.89. The van der Waals surface area contributed by atoms with Gasteiger partial charge in [0.05, 0.1) is 7.11 Å². The standard InChI is InChI=1S/C12H21NO2/c1-10(8-12(14)15-2)13-9-11-6-4-3-5-7-11/h8,11,13H,3-7,9H2,1-2H3/b10-8+. The van der Waals surface area contributed by atoms with Gasteiger partial charge in [-0.1, -0.05) is 19.3 Å². The number of rotatable bonds is 4. The summed E-state index contributed by atoms with van der Waals surface area (Å²) in [6, 6.07) is 0. The largest absolute Gasteiger partial charge is 0.466 e. The highest BCUT2D eigenvalue weighted by Gasteiger charge is 2.12. The number of hydrogen-bond donors (Lipinski definition) is 1. The molecule has 0 spiro atoms. The highest BCUT2D eigenvalue weighted by molar-refractivity contribution is 5.82. The molecule has 0 heterocycles. The van der Waals surface area contributed by atoms with Crippen LogP contribution in [0.3, 0.4) is 0 Å². The molecule has 3 nitrogen and oxygen atoms in total. The van der Waals surface area contributed by atoms with Crippen LogP contribution in [0, 0.1) is 5.92 Å². The van der Waals surface area contributed by atoms with E-state index >= 15 is 0 Å². The van der Waals surface area contributed by atoms with E-state index in [9.17, 15) is 4.79 Å². The second kappa shape index (κ2) is 6.49. The topological polar surface area (TPSA) is 38.3 Å². The Hall–Kier alpha value is -0.990. The number of methoxy groups -OCH3 is 1. The van der Waals surface area contributed by atoms with Crippen molar-refractivity contribution in [3.8, 4) is 0 Å². The van der Waals surface area contributed by atoms with E-state index < -0.39 is 0 Å². The van der Waals surface area contributed by atoms with Gasteiger partial charge >= 0.3 is 5.97 Å². The van der Waals surface area contributed by atoms with Crippen LogP contribution in [0.2, 0.25) is 0 Å². The average Bonchev–Trinajstić information content (AvgIpc) is 2.27. The van der Waals surface area contributed by atoms with Gasteiger partial charge in [-0.15, -0.1) is 0 Å². The van der Waals surface area contributed by atoms with Crippen LogP contribution < -0.4 is 5.32 Å². The summed E-state index contributed by atoms with van der Waals surface area (Å²) < 4.78 is 4.56. The average molecular weight is 211 g/mol. The van der Waals surface area contributed by atoms with Crippen molar-refractivity contribution in [1.29, 1.82) is 0 Å². The van der Waals surface area contributed by atoms with E-state index in [1.165, 1.54) is 45.3 Å². The Balaban J connectivity index is 2.23. The summed E-state index contributed by atoms with van der Waals surface area (Å²) in [5.41, 5.74) is 0.896. The first kappa shape index (κ1) is 12.1. The van der Waals surface area contributed by atoms with Gasteiger partial charge in [0.15, 0.2) is 0 Å². The number of carbonyl (C=O) groups excluding carboxylic acids is 1. The van der Waals surface area contributed by atoms with Crippen LogP contribution in [0.4, 0.5) is 0 Å². The third-order valence-electron chi connectivity index (χ3n) is 2.93. The summed E-state index contributed by atoms with van der Waals surface area (Å²) in [4.78, 5) is 10.9. The predicted octanol–water partition coefficient (Wildman–Crippen LogP) is 2.23. The Labute approximate surface area is 91.9 Å². The maximum Gasteiger partial charge on any atom is 0.332 e. The van der Waals surface area contributed by atoms with Gasteiger partial charge in [0.25, 0.3) is 0 Å². The van der Waals surface area contributed by atoms with Crippen molar-refractivity contribution >= 4 is 5.97 Å². The summed E-state index contributed by atoms with van der Waals surface area (Å²) in [5.74, 6) is 0.489. The molecule has 86 valence electrons. The second-order valence-electron chi connectivity index (χ2n) is 4.24. The molecule has 1 N–H and O–H groups in total. The van der Waals surface area contributed by atoms with Gasteiger partial charge in [0.1, 0.15) is 0 Å². The summed E-state index contributed by atoms with van der Waals surface area (Å²) in [6.45, 7) is 2.89. The highest BCUT2D eigenvalue weighted by Crippen LogP contribution is 2.22. The minimum absolute atomic E-state index is 0.288. The van der Waals surface area contributed by atoms with E-state index in [1.807, 2.05) is 6.92 Å². The van der Waals surface area contributed by atoms with Crippen molar-refractivity contribution in [3.05, 3.63) is 11.8 Å². The molecule has 1 saturated carbocycles. The van der Waals surface area contributed by atoms with Crippen LogP contribution in [0.5, 0.6) is 0 Å². The molecular formula is C12H21NO2. The van der Waals surface area contributed by atoms with Crippen LogP contribution in [0.15, 0.2) is 11.8 Å². The number of allylic oxidation sites excluding steroid dienone is 1. The third kappa shape index (κ3) is 4.86. The minimum Gasteiger partial charge on any atom is -0.466 e. The third-order valence-corrected chi connectivity index (χ3v) is 2.93. The van der Waals surface area contributed by atoms with E-state index in [2.05, 4.69) is 10.1 Å². The predicted molar refractivity (Wildman–Crippen MR) is 60.4 cm³/mol. The quantitative estimate of drug-likeness (QED) is 0.572. The van der Waals surface area contributed by atoms with E-state index in [0.717, 1.165) is 18.2 Å². The molecule has 0 aromatic rings. The lowest BCUT2D eigenvalue weighted by Crippen LogP contribution is -2.23. The maximum absolute atomic E-state index is 10.9. The van der Waals surface area contributed by atoms with Crippen LogP contribution in [0.1, 0.15) is 39.0 Å². The normalized spacial score (nSPS) is 18.7. The second-order valence-corrected chi connectivity index (χ2v) is 4.24. The molecule has 0 amide bonds. The molecule has 15 heavy (non-hydrogen) atoms. The Morgan fingerprint density at radius 2 is 2.07 bits per heavy atom. The molecule has 1 aliphatic rings. The van der Waals surface area contributed by atoms with Crippen LogP contribution in [-0.4, -0.2) is 19.6 Å². The van der Waals surface area contributed by atoms with Crippen molar-refractivity contribution in [2.75, 3.05) is 13.7 Å². The van der Waals surface area contributed by atoms with Crippen molar-refractivity contribution in [2.24, 2.45) is 5.92 Å². The van der Waals surface area contributed by atoms with Crippen LogP contribution in [-0.2, 0) is 9.53 Å². The molecule has 0 aliphatic heterocycles. The van der Waals surface area contributed by atoms with Crippen molar-refractivity contribution in [2.45, 2.75) is 39.0 Å². The molecule has 0 atom stereocenters. The fourth-order valence-corrected chi connectivity index (χ4v) is 1.98. The zero-order valence-corrected chi connectivity index (χ0v) is 9.71. The van der Waals surface area contributed by atoms with Gasteiger partial charge in [-0.2, -0.15) is 0 Å². The first-order chi connectivity index (χ1) is 7.22. The molecule has 0 unspecified atom stereocenters. The van der Waals surface area contributed by atoms with Gasteiger partial charge in [-0.05, 0) is 25.7 Å². The number of nitrogens with one attached hydrogen (secondary N) is 1. The number of hydrogen-bond acceptors (Lipinski definition) is 3. The summed E-state index contributed by atoms with van der Waals surface area (Å²) >= 11 is 0. The van der Waals surface area contributed by atoms with Gasteiger partial charge < -0.3 is 10.1 Å². The van der Waals surface area contributed by atoms with Crippen molar-refractivity contribution in [1.82, 2.24) is 5.32 Å². The van der Waals surface area contributed by atoms with Crippen LogP contribution >= 0.6 is 0 Å². The molecule has 0 bridgehead atoms. The molecule has 0 saturated heterocycles. The monoisotopic (exact) mass is 211 g/mol. The molecule has 0 aromatic carbocycles. The molecule has 3 heteroatoms. The molecule has 1 fully saturated rings. The number of esters is 1. The van der Waals surface area contributed by atoms with E-state index in [-0.39, 0.29) is 5.97 Å². The number of ether oxygens (including phenoxy) is 1. The SMILES string of the molecule is COC(=O)/C=C(\C)NCC1CCCCC1. The minimum atomic E-state index is -0.288. The molecule has 0 radical (unpaired) electrons. The fourth-order valence-electron chi connectivity index (χ4n) is 1.98. The molecule has 0 aromatic heterocycles. The molecule has 1 rings (SSSR count). The van der Waals surface area contributed by atoms with Gasteiger partial charge in [0.2, 0.25) is 0 Å². The van der Waals surface area contributed by atoms with Gasteiger partial charge in [-0.25, -0.2) is 4.79 Å². The Morgan fingerprint density at radius 3 is 2.67 bits per heavy atom. The smallest absolute Gasteiger partial charge is 0.332 e. The first-order valence-electron chi connectivity index (χ1n) is 5.72. The van der Waals surface area contributed by atoms with E-state index in [4.69, 9.17) is 0 Å². The summed E-state index contributed by atoms with van der Waals surface area (Å²) in [6.07, 6.45) is 8.23. The Morgan fingerprint density at radius 1 is 1.40 bits per heavy atom. The number of carbonyl (C=O) groups is 1. The van der Waals surface area contributed by atoms with E-state index in [0.29, 0.717) is 0 Å². The summed E-state index contributed by atoms with van der Waals surface area (Å²) in [7, 11) is 1.40. The highest BCUT2D eigenvalue weighted by atomic mass is 16.5. The molecule has 1 aliphatic carbocycles. The zero-order valence-electron chi connectivity index (χ0n) is 9.71. The lowest BCUT2D eigenvalue weighted by Gasteiger charge is -2.22. The lowest BCUT2D eigenvalue weighted by molar-refractivity contribution is -0.134. The van der Waals surface area contributed by atoms with Crippen molar-refractivity contribution in [3.63, 3.8) is 0 Å². The Bertz CT molecular complexity index is 230. The van der Waals surface area contributed by atoms with Crippen LogP contribution in [0.25, 0.3) is 0 Å². The molecular weight excluding hydrogens is 190 g/mol. The van der Waals surface area contributed by atoms with Crippen molar-refractivity contribution < 1.29 is 9.53 Å².